The Balaban J connectivity index is 2.56. The van der Waals surface area contributed by atoms with E-state index < -0.39 is 16.3 Å². The zero-order chi connectivity index (χ0) is 9.19. The van der Waals surface area contributed by atoms with Crippen LogP contribution in [-0.2, 0) is 15.1 Å². The smallest absolute Gasteiger partial charge is 0.298 e. The maximum Gasteiger partial charge on any atom is 0.334 e. The molecule has 1 rings (SSSR count). The highest BCUT2D eigenvalue weighted by atomic mass is 32.2. The van der Waals surface area contributed by atoms with Crippen LogP contribution in [0.15, 0.2) is 0 Å². The molecule has 1 aliphatic carbocycles. The van der Waals surface area contributed by atoms with Crippen molar-refractivity contribution in [3.63, 3.8) is 0 Å². The molecule has 0 amide bonds. The third-order valence-corrected chi connectivity index (χ3v) is 2.43. The maximum absolute atomic E-state index is 11.0. The van der Waals surface area contributed by atoms with Crippen molar-refractivity contribution in [2.24, 2.45) is 0 Å². The molecule has 1 aliphatic rings. The molecule has 0 aromatic heterocycles. The van der Waals surface area contributed by atoms with Gasteiger partial charge >= 0.3 is 10.3 Å². The lowest BCUT2D eigenvalue weighted by atomic mass is 9.95. The molecule has 0 heterocycles. The second-order valence-electron chi connectivity index (χ2n) is 2.86. The SMILES string of the molecule is O=C1CCCCC1NS(=O)(=O)O. The fraction of sp³-hybridized carbons (Fsp3) is 0.833. The summed E-state index contributed by atoms with van der Waals surface area (Å²) in [5.74, 6) is -0.140. The molecule has 0 saturated heterocycles. The summed E-state index contributed by atoms with van der Waals surface area (Å²) in [4.78, 5) is 11.0. The van der Waals surface area contributed by atoms with Gasteiger partial charge < -0.3 is 0 Å². The molecule has 1 fully saturated rings. The van der Waals surface area contributed by atoms with Crippen molar-refractivity contribution in [1.29, 1.82) is 0 Å². The van der Waals surface area contributed by atoms with Crippen LogP contribution in [0.3, 0.4) is 0 Å². The van der Waals surface area contributed by atoms with E-state index in [0.29, 0.717) is 12.8 Å². The minimum Gasteiger partial charge on any atom is -0.298 e. The van der Waals surface area contributed by atoms with E-state index in [-0.39, 0.29) is 5.78 Å². The Morgan fingerprint density at radius 2 is 2.08 bits per heavy atom. The van der Waals surface area contributed by atoms with Crippen LogP contribution in [0.1, 0.15) is 25.7 Å². The Kier molecular flexibility index (Phi) is 2.81. The van der Waals surface area contributed by atoms with Crippen molar-refractivity contribution in [3.05, 3.63) is 0 Å². The number of carbonyl (C=O) groups excluding carboxylic acids is 1. The predicted octanol–water partition coefficient (Wildman–Crippen LogP) is -0.109. The second-order valence-corrected chi connectivity index (χ2v) is 4.04. The second kappa shape index (κ2) is 3.51. The zero-order valence-corrected chi connectivity index (χ0v) is 7.30. The van der Waals surface area contributed by atoms with Gasteiger partial charge in [0.25, 0.3) is 0 Å². The van der Waals surface area contributed by atoms with Crippen LogP contribution in [-0.4, -0.2) is 24.8 Å². The summed E-state index contributed by atoms with van der Waals surface area (Å²) in [5.41, 5.74) is 0. The van der Waals surface area contributed by atoms with E-state index in [1.54, 1.807) is 0 Å². The molecular formula is C6H11NO4S. The summed E-state index contributed by atoms with van der Waals surface area (Å²) < 4.78 is 31.0. The molecule has 1 unspecified atom stereocenters. The molecule has 6 heteroatoms. The average Bonchev–Trinajstić information content (AvgIpc) is 1.91. The fourth-order valence-corrected chi connectivity index (χ4v) is 1.90. The van der Waals surface area contributed by atoms with Crippen LogP contribution < -0.4 is 4.72 Å². The van der Waals surface area contributed by atoms with Crippen molar-refractivity contribution < 1.29 is 17.8 Å². The van der Waals surface area contributed by atoms with Crippen LogP contribution in [0.2, 0.25) is 0 Å². The predicted molar refractivity (Wildman–Crippen MR) is 41.9 cm³/mol. The van der Waals surface area contributed by atoms with Crippen LogP contribution in [0.25, 0.3) is 0 Å². The lowest BCUT2D eigenvalue weighted by Crippen LogP contribution is -2.41. The van der Waals surface area contributed by atoms with Gasteiger partial charge in [-0.25, -0.2) is 0 Å². The Hall–Kier alpha value is -0.460. The van der Waals surface area contributed by atoms with Gasteiger partial charge in [0.1, 0.15) is 0 Å². The standard InChI is InChI=1S/C6H11NO4S/c8-6-4-2-1-3-5(6)7-12(9,10)11/h5,7H,1-4H2,(H,9,10,11). The summed E-state index contributed by atoms with van der Waals surface area (Å²) in [5, 5.41) is 0. The molecule has 2 N–H and O–H groups in total. The minimum atomic E-state index is -4.23. The molecule has 0 aromatic carbocycles. The number of hydrogen-bond donors (Lipinski definition) is 2. The Morgan fingerprint density at radius 3 is 2.58 bits per heavy atom. The van der Waals surface area contributed by atoms with Crippen LogP contribution in [0.5, 0.6) is 0 Å². The highest BCUT2D eigenvalue weighted by molar-refractivity contribution is 7.83. The van der Waals surface area contributed by atoms with Gasteiger partial charge in [0.05, 0.1) is 6.04 Å². The van der Waals surface area contributed by atoms with E-state index in [1.807, 2.05) is 4.72 Å². The van der Waals surface area contributed by atoms with Gasteiger partial charge in [-0.1, -0.05) is 6.42 Å². The molecule has 5 nitrogen and oxygen atoms in total. The van der Waals surface area contributed by atoms with Gasteiger partial charge in [-0.2, -0.15) is 13.1 Å². The summed E-state index contributed by atoms with van der Waals surface area (Å²) in [6.45, 7) is 0. The Bertz CT molecular complexity index is 271. The molecule has 0 spiro atoms. The average molecular weight is 193 g/mol. The fourth-order valence-electron chi connectivity index (χ4n) is 1.29. The van der Waals surface area contributed by atoms with E-state index >= 15 is 0 Å². The molecule has 0 bridgehead atoms. The summed E-state index contributed by atoms with van der Waals surface area (Å²) in [6.07, 6.45) is 2.51. The van der Waals surface area contributed by atoms with E-state index in [4.69, 9.17) is 4.55 Å². The normalized spacial score (nSPS) is 25.8. The number of ketones is 1. The monoisotopic (exact) mass is 193 g/mol. The van der Waals surface area contributed by atoms with Crippen molar-refractivity contribution in [2.45, 2.75) is 31.7 Å². The number of Topliss-reactive ketones (excluding diaryl/α,β-unsaturated/α-hetero) is 1. The Labute approximate surface area is 71.0 Å². The van der Waals surface area contributed by atoms with Gasteiger partial charge in [-0.15, -0.1) is 0 Å². The first-order valence-corrected chi connectivity index (χ1v) is 5.20. The van der Waals surface area contributed by atoms with Crippen molar-refractivity contribution >= 4 is 16.1 Å². The Morgan fingerprint density at radius 1 is 1.42 bits per heavy atom. The molecule has 12 heavy (non-hydrogen) atoms. The third-order valence-electron chi connectivity index (χ3n) is 1.85. The van der Waals surface area contributed by atoms with E-state index in [1.165, 1.54) is 0 Å². The largest absolute Gasteiger partial charge is 0.334 e. The highest BCUT2D eigenvalue weighted by Gasteiger charge is 2.25. The highest BCUT2D eigenvalue weighted by Crippen LogP contribution is 2.14. The summed E-state index contributed by atoms with van der Waals surface area (Å²) >= 11 is 0. The zero-order valence-electron chi connectivity index (χ0n) is 6.49. The van der Waals surface area contributed by atoms with Crippen LogP contribution in [0, 0.1) is 0 Å². The molecule has 70 valence electrons. The lowest BCUT2D eigenvalue weighted by Gasteiger charge is -2.19. The number of nitrogens with one attached hydrogen (secondary N) is 1. The van der Waals surface area contributed by atoms with Gasteiger partial charge in [-0.05, 0) is 12.8 Å². The van der Waals surface area contributed by atoms with Crippen LogP contribution >= 0.6 is 0 Å². The first kappa shape index (κ1) is 9.63. The molecular weight excluding hydrogens is 182 g/mol. The topological polar surface area (TPSA) is 83.5 Å². The van der Waals surface area contributed by atoms with Crippen molar-refractivity contribution in [1.82, 2.24) is 4.72 Å². The van der Waals surface area contributed by atoms with E-state index in [2.05, 4.69) is 0 Å². The van der Waals surface area contributed by atoms with Gasteiger partial charge in [0.2, 0.25) is 0 Å². The molecule has 0 radical (unpaired) electrons. The van der Waals surface area contributed by atoms with Gasteiger partial charge in [0, 0.05) is 6.42 Å². The van der Waals surface area contributed by atoms with Crippen molar-refractivity contribution in [3.8, 4) is 0 Å². The number of hydrogen-bond acceptors (Lipinski definition) is 3. The molecule has 1 saturated carbocycles. The van der Waals surface area contributed by atoms with Crippen LogP contribution in [0.4, 0.5) is 0 Å². The maximum atomic E-state index is 11.0. The van der Waals surface area contributed by atoms with Gasteiger partial charge in [0.15, 0.2) is 5.78 Å². The summed E-state index contributed by atoms with van der Waals surface area (Å²) in [6, 6.07) is -0.714. The molecule has 1 atom stereocenters. The third kappa shape index (κ3) is 2.88. The van der Waals surface area contributed by atoms with E-state index in [9.17, 15) is 13.2 Å². The minimum absolute atomic E-state index is 0.140. The van der Waals surface area contributed by atoms with Gasteiger partial charge in [-0.3, -0.25) is 9.35 Å². The van der Waals surface area contributed by atoms with Crippen molar-refractivity contribution in [2.75, 3.05) is 0 Å². The molecule has 0 aromatic rings. The molecule has 0 aliphatic heterocycles. The first-order valence-electron chi connectivity index (χ1n) is 3.76. The quantitative estimate of drug-likeness (QED) is 0.599. The van der Waals surface area contributed by atoms with E-state index in [0.717, 1.165) is 12.8 Å². The lowest BCUT2D eigenvalue weighted by molar-refractivity contribution is -0.122. The number of carbonyl (C=O) groups is 1. The first-order chi connectivity index (χ1) is 5.49. The number of rotatable bonds is 2. The summed E-state index contributed by atoms with van der Waals surface area (Å²) in [7, 11) is -4.23.